The minimum Gasteiger partial charge on any atom is -0.493 e. The summed E-state index contributed by atoms with van der Waals surface area (Å²) in [4.78, 5) is 24.8. The Morgan fingerprint density at radius 3 is 2.43 bits per heavy atom. The third kappa shape index (κ3) is 6.20. The molecule has 0 N–H and O–H groups in total. The highest BCUT2D eigenvalue weighted by molar-refractivity contribution is 9.10. The predicted molar refractivity (Wildman–Crippen MR) is 120 cm³/mol. The van der Waals surface area contributed by atoms with Gasteiger partial charge in [-0.3, -0.25) is 9.59 Å². The van der Waals surface area contributed by atoms with E-state index in [0.29, 0.717) is 35.4 Å². The lowest BCUT2D eigenvalue weighted by molar-refractivity contribution is -0.162. The zero-order valence-electron chi connectivity index (χ0n) is 18.3. The molecule has 0 heterocycles. The Hall–Kier alpha value is -1.61. The van der Waals surface area contributed by atoms with E-state index in [0.717, 1.165) is 6.42 Å². The van der Waals surface area contributed by atoms with Crippen molar-refractivity contribution in [1.82, 2.24) is 0 Å². The van der Waals surface area contributed by atoms with Gasteiger partial charge in [0.15, 0.2) is 11.5 Å². The van der Waals surface area contributed by atoms with Gasteiger partial charge in [-0.1, -0.05) is 6.92 Å². The van der Waals surface area contributed by atoms with Gasteiger partial charge in [0.25, 0.3) is 5.91 Å². The van der Waals surface area contributed by atoms with Crippen molar-refractivity contribution in [2.45, 2.75) is 57.8 Å². The van der Waals surface area contributed by atoms with Gasteiger partial charge in [0, 0.05) is 17.1 Å². The van der Waals surface area contributed by atoms with Crippen LogP contribution in [0.15, 0.2) is 21.0 Å². The average Bonchev–Trinajstić information content (AvgIpc) is 2.56. The first-order chi connectivity index (χ1) is 13.9. The zero-order chi connectivity index (χ0) is 22.7. The standard InChI is InChI=1S/C21H30BrNO6S/c1-7-8-28-18-16(22)11-13(12-17(18)27-5)19(24)23-30(6,26)15-9-14(10-15)20(25)29-21(2,3)4/h11-12,14-15H,7-10H2,1-6H3. The lowest BCUT2D eigenvalue weighted by atomic mass is 9.85. The van der Waals surface area contributed by atoms with E-state index in [1.807, 2.05) is 27.7 Å². The van der Waals surface area contributed by atoms with Gasteiger partial charge in [0.2, 0.25) is 0 Å². The van der Waals surface area contributed by atoms with Crippen LogP contribution in [-0.2, 0) is 19.3 Å². The molecule has 0 spiro atoms. The van der Waals surface area contributed by atoms with E-state index >= 15 is 0 Å². The van der Waals surface area contributed by atoms with Crippen molar-refractivity contribution in [2.24, 2.45) is 10.3 Å². The summed E-state index contributed by atoms with van der Waals surface area (Å²) < 4.78 is 34.0. The molecule has 1 atom stereocenters. The van der Waals surface area contributed by atoms with E-state index in [4.69, 9.17) is 14.2 Å². The minimum atomic E-state index is -2.81. The molecule has 168 valence electrons. The van der Waals surface area contributed by atoms with Crippen LogP contribution in [0, 0.1) is 5.92 Å². The highest BCUT2D eigenvalue weighted by Crippen LogP contribution is 2.38. The van der Waals surface area contributed by atoms with Crippen molar-refractivity contribution < 1.29 is 28.0 Å². The highest BCUT2D eigenvalue weighted by Gasteiger charge is 2.41. The summed E-state index contributed by atoms with van der Waals surface area (Å²) >= 11 is 3.40. The number of halogens is 1. The molecular formula is C21H30BrNO6S. The van der Waals surface area contributed by atoms with Crippen LogP contribution in [0.1, 0.15) is 57.3 Å². The first-order valence-corrected chi connectivity index (χ1v) is 12.6. The summed E-state index contributed by atoms with van der Waals surface area (Å²) in [6.07, 6.45) is 3.09. The molecule has 0 bridgehead atoms. The van der Waals surface area contributed by atoms with E-state index in [1.165, 1.54) is 19.4 Å². The molecule has 1 aromatic carbocycles. The van der Waals surface area contributed by atoms with Gasteiger partial charge in [-0.15, -0.1) is 0 Å². The highest BCUT2D eigenvalue weighted by atomic mass is 79.9. The predicted octanol–water partition coefficient (Wildman–Crippen LogP) is 4.60. The van der Waals surface area contributed by atoms with Gasteiger partial charge in [-0.05, 0) is 68.1 Å². The van der Waals surface area contributed by atoms with E-state index < -0.39 is 21.2 Å². The maximum absolute atomic E-state index is 13.0. The maximum atomic E-state index is 13.0. The zero-order valence-corrected chi connectivity index (χ0v) is 20.7. The van der Waals surface area contributed by atoms with Gasteiger partial charge >= 0.3 is 5.97 Å². The van der Waals surface area contributed by atoms with Crippen molar-refractivity contribution >= 4 is 37.5 Å². The van der Waals surface area contributed by atoms with Crippen LogP contribution in [-0.4, -0.2) is 46.9 Å². The van der Waals surface area contributed by atoms with Gasteiger partial charge < -0.3 is 14.2 Å². The summed E-state index contributed by atoms with van der Waals surface area (Å²) in [7, 11) is -1.32. The molecule has 2 rings (SSSR count). The van der Waals surface area contributed by atoms with Gasteiger partial charge in [0.05, 0.1) is 33.8 Å². The van der Waals surface area contributed by atoms with Crippen molar-refractivity contribution in [3.05, 3.63) is 22.2 Å². The molecule has 9 heteroatoms. The number of methoxy groups -OCH3 is 1. The minimum absolute atomic E-state index is 0.250. The van der Waals surface area contributed by atoms with Crippen LogP contribution in [0.2, 0.25) is 0 Å². The number of hydrogen-bond acceptors (Lipinski definition) is 6. The van der Waals surface area contributed by atoms with Crippen LogP contribution in [0.4, 0.5) is 0 Å². The Bertz CT molecular complexity index is 924. The number of amides is 1. The van der Waals surface area contributed by atoms with E-state index in [1.54, 1.807) is 6.07 Å². The molecule has 1 fully saturated rings. The fourth-order valence-corrected chi connectivity index (χ4v) is 5.30. The molecule has 0 saturated heterocycles. The lowest BCUT2D eigenvalue weighted by Gasteiger charge is -2.35. The Labute approximate surface area is 187 Å². The first kappa shape index (κ1) is 24.7. The van der Waals surface area contributed by atoms with E-state index in [9.17, 15) is 13.8 Å². The average molecular weight is 504 g/mol. The summed E-state index contributed by atoms with van der Waals surface area (Å²) in [5.74, 6) is -0.287. The van der Waals surface area contributed by atoms with Crippen LogP contribution in [0.3, 0.4) is 0 Å². The molecular weight excluding hydrogens is 474 g/mol. The van der Waals surface area contributed by atoms with Gasteiger partial charge in [0.1, 0.15) is 5.60 Å². The Morgan fingerprint density at radius 1 is 1.27 bits per heavy atom. The first-order valence-electron chi connectivity index (χ1n) is 9.86. The van der Waals surface area contributed by atoms with Crippen LogP contribution in [0.25, 0.3) is 0 Å². The monoisotopic (exact) mass is 503 g/mol. The summed E-state index contributed by atoms with van der Waals surface area (Å²) in [6, 6.07) is 3.11. The topological polar surface area (TPSA) is 91.3 Å². The van der Waals surface area contributed by atoms with Gasteiger partial charge in [-0.2, -0.15) is 4.36 Å². The van der Waals surface area contributed by atoms with Crippen LogP contribution >= 0.6 is 15.9 Å². The summed E-state index contributed by atoms with van der Waals surface area (Å²) in [5.41, 5.74) is -0.310. The maximum Gasteiger partial charge on any atom is 0.309 e. The Balaban J connectivity index is 2.15. The quantitative estimate of drug-likeness (QED) is 0.504. The number of esters is 1. The fourth-order valence-electron chi connectivity index (χ4n) is 2.98. The van der Waals surface area contributed by atoms with Crippen molar-refractivity contribution in [2.75, 3.05) is 20.0 Å². The fraction of sp³-hybridized carbons (Fsp3) is 0.619. The number of rotatable bonds is 7. The van der Waals surface area contributed by atoms with Crippen molar-refractivity contribution in [3.8, 4) is 11.5 Å². The molecule has 1 aliphatic rings. The molecule has 1 saturated carbocycles. The van der Waals surface area contributed by atoms with E-state index in [-0.39, 0.29) is 22.7 Å². The number of ether oxygens (including phenoxy) is 3. The smallest absolute Gasteiger partial charge is 0.309 e. The SMILES string of the molecule is CCCOc1c(Br)cc(C(=O)N=S(C)(=O)C2CC(C(=O)OC(C)(C)C)C2)cc1OC. The number of nitrogens with zero attached hydrogens (tertiary/aromatic N) is 1. The third-order valence-corrected chi connectivity index (χ3v) is 7.38. The number of hydrogen-bond donors (Lipinski definition) is 0. The largest absolute Gasteiger partial charge is 0.493 e. The summed E-state index contributed by atoms with van der Waals surface area (Å²) in [5, 5.41) is -0.323. The Kier molecular flexibility index (Phi) is 7.96. The second kappa shape index (κ2) is 9.68. The van der Waals surface area contributed by atoms with Crippen LogP contribution in [0.5, 0.6) is 11.5 Å². The lowest BCUT2D eigenvalue weighted by Crippen LogP contribution is -2.42. The molecule has 1 aliphatic carbocycles. The van der Waals surface area contributed by atoms with Crippen molar-refractivity contribution in [3.63, 3.8) is 0 Å². The van der Waals surface area contributed by atoms with Crippen LogP contribution < -0.4 is 9.47 Å². The number of carbonyl (C=O) groups excluding carboxylic acids is 2. The molecule has 30 heavy (non-hydrogen) atoms. The molecule has 1 aromatic rings. The molecule has 0 radical (unpaired) electrons. The molecule has 1 unspecified atom stereocenters. The molecule has 7 nitrogen and oxygen atoms in total. The van der Waals surface area contributed by atoms with Crippen molar-refractivity contribution in [1.29, 1.82) is 0 Å². The Morgan fingerprint density at radius 2 is 1.90 bits per heavy atom. The number of carbonyl (C=O) groups is 2. The molecule has 1 amide bonds. The molecule has 0 aliphatic heterocycles. The summed E-state index contributed by atoms with van der Waals surface area (Å²) in [6.45, 7) is 7.92. The third-order valence-electron chi connectivity index (χ3n) is 4.64. The van der Waals surface area contributed by atoms with E-state index in [2.05, 4.69) is 20.3 Å². The molecule has 0 aromatic heterocycles. The number of benzene rings is 1. The normalized spacial score (nSPS) is 20.5. The van der Waals surface area contributed by atoms with Gasteiger partial charge in [-0.25, -0.2) is 4.21 Å². The second-order valence-corrected chi connectivity index (χ2v) is 11.8. The second-order valence-electron chi connectivity index (χ2n) is 8.42.